The minimum absolute atomic E-state index is 0.119. The van der Waals surface area contributed by atoms with E-state index < -0.39 is 79.4 Å². The molecule has 184 valence electrons. The highest BCUT2D eigenvalue weighted by Crippen LogP contribution is 2.04. The number of nitrogens with zero attached hydrogens (tertiary/aromatic N) is 1. The molecular weight excluding hydrogens is 444 g/mol. The summed E-state index contributed by atoms with van der Waals surface area (Å²) in [5.74, 6) is -5.62. The van der Waals surface area contributed by atoms with Gasteiger partial charge in [-0.05, 0) is 13.3 Å². The first-order valence-electron chi connectivity index (χ1n) is 9.83. The lowest BCUT2D eigenvalue weighted by molar-refractivity contribution is -0.144. The fourth-order valence-corrected chi connectivity index (χ4v) is 2.58. The quantitative estimate of drug-likeness (QED) is 0.126. The van der Waals surface area contributed by atoms with Crippen molar-refractivity contribution < 1.29 is 44.4 Å². The summed E-state index contributed by atoms with van der Waals surface area (Å²) in [5.41, 5.74) is 6.02. The topological polar surface area (TPSA) is 257 Å². The van der Waals surface area contributed by atoms with Crippen molar-refractivity contribution in [3.63, 3.8) is 0 Å². The number of carbonyl (C=O) groups is 5. The molecule has 0 aliphatic heterocycles. The third-order valence-electron chi connectivity index (χ3n) is 4.51. The summed E-state index contributed by atoms with van der Waals surface area (Å²) >= 11 is 0. The van der Waals surface area contributed by atoms with Crippen LogP contribution in [0.4, 0.5) is 0 Å². The predicted octanol–water partition coefficient (Wildman–Crippen LogP) is -3.94. The van der Waals surface area contributed by atoms with Crippen molar-refractivity contribution >= 4 is 29.7 Å². The molecule has 1 aromatic rings. The molecule has 15 nitrogen and oxygen atoms in total. The summed E-state index contributed by atoms with van der Waals surface area (Å²) in [6.07, 6.45) is 0.432. The van der Waals surface area contributed by atoms with Crippen molar-refractivity contribution in [3.8, 4) is 0 Å². The van der Waals surface area contributed by atoms with Gasteiger partial charge in [0.2, 0.25) is 17.7 Å². The van der Waals surface area contributed by atoms with Gasteiger partial charge in [-0.15, -0.1) is 0 Å². The van der Waals surface area contributed by atoms with Crippen LogP contribution in [0.2, 0.25) is 0 Å². The lowest BCUT2D eigenvalue weighted by atomic mass is 10.1. The summed E-state index contributed by atoms with van der Waals surface area (Å²) in [7, 11) is 0. The van der Waals surface area contributed by atoms with E-state index in [1.807, 2.05) is 5.32 Å². The number of carboxylic acids is 2. The second-order valence-electron chi connectivity index (χ2n) is 7.18. The van der Waals surface area contributed by atoms with E-state index in [1.165, 1.54) is 19.4 Å². The van der Waals surface area contributed by atoms with Gasteiger partial charge in [-0.1, -0.05) is 0 Å². The van der Waals surface area contributed by atoms with E-state index in [9.17, 15) is 29.1 Å². The van der Waals surface area contributed by atoms with Crippen LogP contribution in [0.1, 0.15) is 25.5 Å². The highest BCUT2D eigenvalue weighted by molar-refractivity contribution is 5.94. The number of aliphatic carboxylic acids is 2. The number of H-pyrrole nitrogens is 1. The van der Waals surface area contributed by atoms with Crippen LogP contribution in [0.5, 0.6) is 0 Å². The van der Waals surface area contributed by atoms with Gasteiger partial charge in [-0.2, -0.15) is 0 Å². The molecule has 5 unspecified atom stereocenters. The summed E-state index contributed by atoms with van der Waals surface area (Å²) in [4.78, 5) is 66.2. The van der Waals surface area contributed by atoms with Gasteiger partial charge in [0.15, 0.2) is 0 Å². The summed E-state index contributed by atoms with van der Waals surface area (Å²) in [6, 6.07) is -5.83. The molecule has 0 saturated carbocycles. The normalized spacial score (nSPS) is 15.4. The lowest BCUT2D eigenvalue weighted by Gasteiger charge is -2.25. The van der Waals surface area contributed by atoms with E-state index >= 15 is 0 Å². The minimum Gasteiger partial charge on any atom is -0.481 e. The number of carboxylic acid groups (broad SMARTS) is 2. The van der Waals surface area contributed by atoms with E-state index in [1.54, 1.807) is 0 Å². The maximum absolute atomic E-state index is 12.9. The Morgan fingerprint density at radius 3 is 2.09 bits per heavy atom. The monoisotopic (exact) mass is 472 g/mol. The largest absolute Gasteiger partial charge is 0.481 e. The molecule has 3 amide bonds. The Morgan fingerprint density at radius 2 is 1.61 bits per heavy atom. The Hall–Kier alpha value is -3.56. The van der Waals surface area contributed by atoms with Gasteiger partial charge in [-0.3, -0.25) is 19.2 Å². The van der Waals surface area contributed by atoms with Gasteiger partial charge in [0.25, 0.3) is 0 Å². The predicted molar refractivity (Wildman–Crippen MR) is 109 cm³/mol. The zero-order valence-electron chi connectivity index (χ0n) is 17.7. The Kier molecular flexibility index (Phi) is 10.9. The Morgan fingerprint density at radius 1 is 1.03 bits per heavy atom. The molecule has 15 heteroatoms. The van der Waals surface area contributed by atoms with Crippen molar-refractivity contribution in [2.45, 2.75) is 56.5 Å². The van der Waals surface area contributed by atoms with Gasteiger partial charge in [0.05, 0.1) is 19.0 Å². The molecule has 0 spiro atoms. The second-order valence-corrected chi connectivity index (χ2v) is 7.18. The number of aliphatic hydroxyl groups is 2. The molecule has 1 rings (SSSR count). The van der Waals surface area contributed by atoms with Crippen molar-refractivity contribution in [1.29, 1.82) is 0 Å². The molecule has 1 aromatic heterocycles. The van der Waals surface area contributed by atoms with Gasteiger partial charge in [0.1, 0.15) is 24.2 Å². The standard InChI is InChI=1S/C18H28N6O9/c1-8(26)14(19)17(31)23-11(4-9-5-20-7-21-9)16(30)22-10(2-3-13(27)28)15(29)24-12(6-25)18(32)33/h5,7-8,10-12,14,25-26H,2-4,6,19H2,1H3,(H,20,21)(H,22,30)(H,23,31)(H,24,29)(H,27,28)(H,32,33). The molecule has 0 bridgehead atoms. The molecule has 0 saturated heterocycles. The molecular formula is C18H28N6O9. The number of nitrogens with one attached hydrogen (secondary N) is 4. The maximum atomic E-state index is 12.9. The Balaban J connectivity index is 3.05. The van der Waals surface area contributed by atoms with E-state index in [2.05, 4.69) is 20.6 Å². The van der Waals surface area contributed by atoms with E-state index in [-0.39, 0.29) is 6.42 Å². The fraction of sp³-hybridized carbons (Fsp3) is 0.556. The number of imidazole rings is 1. The molecule has 10 N–H and O–H groups in total. The molecule has 0 aromatic carbocycles. The lowest BCUT2D eigenvalue weighted by Crippen LogP contribution is -2.59. The van der Waals surface area contributed by atoms with Crippen LogP contribution in [-0.4, -0.2) is 96.9 Å². The number of rotatable bonds is 14. The van der Waals surface area contributed by atoms with E-state index in [0.29, 0.717) is 5.69 Å². The number of hydrogen-bond acceptors (Lipinski definition) is 9. The number of aromatic amines is 1. The van der Waals surface area contributed by atoms with Crippen LogP contribution in [0.25, 0.3) is 0 Å². The van der Waals surface area contributed by atoms with E-state index in [4.69, 9.17) is 21.1 Å². The van der Waals surface area contributed by atoms with Gasteiger partial charge in [-0.25, -0.2) is 9.78 Å². The van der Waals surface area contributed by atoms with Crippen molar-refractivity contribution in [2.75, 3.05) is 6.61 Å². The number of carbonyl (C=O) groups excluding carboxylic acids is 3. The van der Waals surface area contributed by atoms with Gasteiger partial charge < -0.3 is 47.1 Å². The Labute approximate surface area is 187 Å². The zero-order chi connectivity index (χ0) is 25.1. The molecule has 5 atom stereocenters. The van der Waals surface area contributed by atoms with Crippen molar-refractivity contribution in [1.82, 2.24) is 25.9 Å². The number of hydrogen-bond donors (Lipinski definition) is 9. The number of aliphatic hydroxyl groups excluding tert-OH is 2. The molecule has 0 aliphatic rings. The molecule has 0 aliphatic carbocycles. The smallest absolute Gasteiger partial charge is 0.328 e. The first-order chi connectivity index (χ1) is 15.5. The minimum atomic E-state index is -1.67. The summed E-state index contributed by atoms with van der Waals surface area (Å²) < 4.78 is 0. The van der Waals surface area contributed by atoms with Crippen molar-refractivity contribution in [2.24, 2.45) is 5.73 Å². The van der Waals surface area contributed by atoms with Crippen LogP contribution in [-0.2, 0) is 30.4 Å². The maximum Gasteiger partial charge on any atom is 0.328 e. The average Bonchev–Trinajstić information content (AvgIpc) is 3.25. The number of amides is 3. The fourth-order valence-electron chi connectivity index (χ4n) is 2.58. The average molecular weight is 472 g/mol. The highest BCUT2D eigenvalue weighted by Gasteiger charge is 2.31. The molecule has 0 fully saturated rings. The molecule has 0 radical (unpaired) electrons. The summed E-state index contributed by atoms with van der Waals surface area (Å²) in [5, 5.41) is 43.1. The van der Waals surface area contributed by atoms with Crippen LogP contribution >= 0.6 is 0 Å². The first-order valence-corrected chi connectivity index (χ1v) is 9.83. The molecule has 33 heavy (non-hydrogen) atoms. The van der Waals surface area contributed by atoms with Gasteiger partial charge >= 0.3 is 11.9 Å². The third kappa shape index (κ3) is 9.22. The van der Waals surface area contributed by atoms with Crippen LogP contribution in [0.3, 0.4) is 0 Å². The SMILES string of the molecule is CC(O)C(N)C(=O)NC(Cc1cnc[nH]1)C(=O)NC(CCC(=O)O)C(=O)NC(CO)C(=O)O. The third-order valence-corrected chi connectivity index (χ3v) is 4.51. The van der Waals surface area contributed by atoms with E-state index in [0.717, 1.165) is 0 Å². The number of nitrogens with two attached hydrogens (primary N) is 1. The van der Waals surface area contributed by atoms with Crippen LogP contribution in [0.15, 0.2) is 12.5 Å². The van der Waals surface area contributed by atoms with Crippen LogP contribution < -0.4 is 21.7 Å². The van der Waals surface area contributed by atoms with Crippen LogP contribution in [0, 0.1) is 0 Å². The first kappa shape index (κ1) is 27.5. The Bertz CT molecular complexity index is 829. The number of aromatic nitrogens is 2. The second kappa shape index (κ2) is 13.1. The highest BCUT2D eigenvalue weighted by atomic mass is 16.4. The van der Waals surface area contributed by atoms with Gasteiger partial charge in [0, 0.05) is 24.7 Å². The molecule has 1 heterocycles. The van der Waals surface area contributed by atoms with Crippen molar-refractivity contribution in [3.05, 3.63) is 18.2 Å². The zero-order valence-corrected chi connectivity index (χ0v) is 17.7. The summed E-state index contributed by atoms with van der Waals surface area (Å²) in [6.45, 7) is 0.344.